The van der Waals surface area contributed by atoms with Gasteiger partial charge in [0.2, 0.25) is 5.91 Å². The van der Waals surface area contributed by atoms with Gasteiger partial charge in [-0.3, -0.25) is 14.4 Å². The molecule has 1 aliphatic heterocycles. The average molecular weight is 481 g/mol. The molecule has 0 unspecified atom stereocenters. The molecule has 35 heavy (non-hydrogen) atoms. The molecule has 0 aliphatic carbocycles. The minimum atomic E-state index is -0.164. The van der Waals surface area contributed by atoms with Gasteiger partial charge in [-0.05, 0) is 37.4 Å². The Kier molecular flexibility index (Phi) is 9.37. The standard InChI is InChI=1S/C22H26N2O3.C5H10N2O/c1-3-17(25)11-6-4-5-7-13-21-23-15-20(27-21)18-14-16-10-8-9-12-19(16)24(2)22(18)26;1-7-2-4(3-7)5(6)8/h8-10,12,14-15H,3-7,11,13H2,1-2H3;4H,2-3H2,1H3,(H2,6,8). The van der Waals surface area contributed by atoms with E-state index < -0.39 is 0 Å². The predicted molar refractivity (Wildman–Crippen MR) is 137 cm³/mol. The number of unbranched alkanes of at least 4 members (excludes halogenated alkanes) is 3. The van der Waals surface area contributed by atoms with E-state index in [0.29, 0.717) is 35.8 Å². The fourth-order valence-electron chi connectivity index (χ4n) is 4.16. The van der Waals surface area contributed by atoms with Crippen LogP contribution in [-0.2, 0) is 23.1 Å². The average Bonchev–Trinajstić information content (AvgIpc) is 3.30. The van der Waals surface area contributed by atoms with Gasteiger partial charge in [0.05, 0.1) is 23.2 Å². The normalized spacial score (nSPS) is 13.8. The van der Waals surface area contributed by atoms with Crippen molar-refractivity contribution in [3.8, 4) is 11.3 Å². The molecule has 1 aromatic carbocycles. The summed E-state index contributed by atoms with van der Waals surface area (Å²) in [5, 5.41) is 0.995. The quantitative estimate of drug-likeness (QED) is 0.443. The van der Waals surface area contributed by atoms with E-state index in [-0.39, 0.29) is 17.4 Å². The number of rotatable bonds is 10. The zero-order valence-corrected chi connectivity index (χ0v) is 21.0. The molecular formula is C27H36N4O4. The number of fused-ring (bicyclic) bond motifs is 1. The number of benzene rings is 1. The first kappa shape index (κ1) is 26.3. The number of oxazole rings is 1. The summed E-state index contributed by atoms with van der Waals surface area (Å²) in [4.78, 5) is 40.7. The van der Waals surface area contributed by atoms with Crippen molar-refractivity contribution in [2.45, 2.75) is 51.9 Å². The molecular weight excluding hydrogens is 444 g/mol. The maximum absolute atomic E-state index is 12.7. The fraction of sp³-hybridized carbons (Fsp3) is 0.481. The SMILES string of the molecule is CCC(=O)CCCCCCc1ncc(-c2cc3ccccc3n(C)c2=O)o1.CN1CC(C(N)=O)C1. The van der Waals surface area contributed by atoms with Crippen LogP contribution in [0.3, 0.4) is 0 Å². The summed E-state index contributed by atoms with van der Waals surface area (Å²) in [6.07, 6.45) is 7.72. The van der Waals surface area contributed by atoms with Crippen molar-refractivity contribution in [2.24, 2.45) is 18.7 Å². The number of nitrogens with two attached hydrogens (primary N) is 1. The third-order valence-electron chi connectivity index (χ3n) is 6.41. The number of Topliss-reactive ketones (excluding diaryl/α,β-unsaturated/α-hetero) is 1. The number of ketones is 1. The summed E-state index contributed by atoms with van der Waals surface area (Å²) in [6, 6.07) is 9.66. The molecule has 1 aliphatic rings. The van der Waals surface area contributed by atoms with Crippen molar-refractivity contribution in [1.82, 2.24) is 14.5 Å². The zero-order chi connectivity index (χ0) is 25.4. The van der Waals surface area contributed by atoms with E-state index >= 15 is 0 Å². The summed E-state index contributed by atoms with van der Waals surface area (Å²) < 4.78 is 7.48. The smallest absolute Gasteiger partial charge is 0.261 e. The molecule has 2 aromatic heterocycles. The molecule has 1 amide bonds. The molecule has 0 spiro atoms. The van der Waals surface area contributed by atoms with Crippen molar-refractivity contribution < 1.29 is 14.0 Å². The fourth-order valence-corrected chi connectivity index (χ4v) is 4.16. The molecule has 188 valence electrons. The lowest BCUT2D eigenvalue weighted by atomic mass is 10.0. The van der Waals surface area contributed by atoms with E-state index in [1.807, 2.05) is 44.3 Å². The topological polar surface area (TPSA) is 111 Å². The van der Waals surface area contributed by atoms with Crippen LogP contribution in [0.1, 0.15) is 51.3 Å². The Morgan fingerprint density at radius 2 is 1.83 bits per heavy atom. The van der Waals surface area contributed by atoms with Crippen LogP contribution in [0.4, 0.5) is 0 Å². The lowest BCUT2D eigenvalue weighted by Crippen LogP contribution is -2.50. The Morgan fingerprint density at radius 3 is 2.49 bits per heavy atom. The van der Waals surface area contributed by atoms with Gasteiger partial charge in [-0.2, -0.15) is 0 Å². The first-order valence-corrected chi connectivity index (χ1v) is 12.3. The van der Waals surface area contributed by atoms with Gasteiger partial charge in [-0.1, -0.05) is 38.0 Å². The first-order chi connectivity index (χ1) is 16.8. The number of likely N-dealkylation sites (tertiary alicyclic amines) is 1. The van der Waals surface area contributed by atoms with E-state index in [9.17, 15) is 14.4 Å². The second-order valence-corrected chi connectivity index (χ2v) is 9.23. The highest BCUT2D eigenvalue weighted by molar-refractivity contribution is 5.83. The molecule has 8 nitrogen and oxygen atoms in total. The summed E-state index contributed by atoms with van der Waals surface area (Å²) in [6.45, 7) is 3.59. The van der Waals surface area contributed by atoms with Crippen LogP contribution in [0.25, 0.3) is 22.2 Å². The monoisotopic (exact) mass is 480 g/mol. The van der Waals surface area contributed by atoms with Crippen LogP contribution in [0.2, 0.25) is 0 Å². The lowest BCUT2D eigenvalue weighted by Gasteiger charge is -2.33. The molecule has 4 rings (SSSR count). The summed E-state index contributed by atoms with van der Waals surface area (Å²) in [5.41, 5.74) is 6.34. The van der Waals surface area contributed by atoms with Crippen LogP contribution in [0.5, 0.6) is 0 Å². The Morgan fingerprint density at radius 1 is 1.11 bits per heavy atom. The summed E-state index contributed by atoms with van der Waals surface area (Å²) in [5.74, 6) is 1.47. The zero-order valence-electron chi connectivity index (χ0n) is 21.0. The number of hydrogen-bond donors (Lipinski definition) is 1. The van der Waals surface area contributed by atoms with Gasteiger partial charge in [0.25, 0.3) is 5.56 Å². The molecule has 0 atom stereocenters. The Hall–Kier alpha value is -3.26. The van der Waals surface area contributed by atoms with Gasteiger partial charge in [-0.15, -0.1) is 0 Å². The number of amides is 1. The number of pyridine rings is 1. The number of carbonyl (C=O) groups is 2. The highest BCUT2D eigenvalue weighted by Gasteiger charge is 2.27. The highest BCUT2D eigenvalue weighted by Crippen LogP contribution is 2.22. The van der Waals surface area contributed by atoms with Gasteiger partial charge >= 0.3 is 0 Å². The maximum atomic E-state index is 12.7. The number of aromatic nitrogens is 2. The maximum Gasteiger partial charge on any atom is 0.261 e. The van der Waals surface area contributed by atoms with Crippen molar-refractivity contribution in [3.63, 3.8) is 0 Å². The summed E-state index contributed by atoms with van der Waals surface area (Å²) in [7, 11) is 3.74. The molecule has 1 fully saturated rings. The first-order valence-electron chi connectivity index (χ1n) is 12.3. The largest absolute Gasteiger partial charge is 0.441 e. The van der Waals surface area contributed by atoms with E-state index in [1.54, 1.807) is 17.8 Å². The number of nitrogens with zero attached hydrogens (tertiary/aromatic N) is 3. The molecule has 8 heteroatoms. The number of primary amides is 1. The Bertz CT molecular complexity index is 1210. The minimum absolute atomic E-state index is 0.0861. The second-order valence-electron chi connectivity index (χ2n) is 9.23. The molecule has 1 saturated heterocycles. The van der Waals surface area contributed by atoms with Gasteiger partial charge < -0.3 is 19.6 Å². The molecule has 0 saturated carbocycles. The Labute approximate surface area is 206 Å². The highest BCUT2D eigenvalue weighted by atomic mass is 16.4. The van der Waals surface area contributed by atoms with Crippen LogP contribution in [0.15, 0.2) is 45.7 Å². The van der Waals surface area contributed by atoms with Crippen molar-refractivity contribution in [2.75, 3.05) is 20.1 Å². The molecule has 0 bridgehead atoms. The second kappa shape index (κ2) is 12.4. The van der Waals surface area contributed by atoms with E-state index in [1.165, 1.54) is 0 Å². The van der Waals surface area contributed by atoms with E-state index in [2.05, 4.69) is 9.88 Å². The summed E-state index contributed by atoms with van der Waals surface area (Å²) >= 11 is 0. The van der Waals surface area contributed by atoms with Crippen molar-refractivity contribution in [1.29, 1.82) is 0 Å². The van der Waals surface area contributed by atoms with Crippen LogP contribution >= 0.6 is 0 Å². The number of carbonyl (C=O) groups excluding carboxylic acids is 2. The van der Waals surface area contributed by atoms with Crippen LogP contribution < -0.4 is 11.3 Å². The van der Waals surface area contributed by atoms with Crippen molar-refractivity contribution in [3.05, 3.63) is 52.8 Å². The molecule has 3 aromatic rings. The Balaban J connectivity index is 0.000000363. The lowest BCUT2D eigenvalue weighted by molar-refractivity contribution is -0.126. The number of para-hydroxylation sites is 1. The third kappa shape index (κ3) is 7.11. The van der Waals surface area contributed by atoms with Gasteiger partial charge in [0, 0.05) is 39.4 Å². The number of hydrogen-bond acceptors (Lipinski definition) is 6. The van der Waals surface area contributed by atoms with E-state index in [0.717, 1.165) is 56.1 Å². The predicted octanol–water partition coefficient (Wildman–Crippen LogP) is 3.70. The van der Waals surface area contributed by atoms with Gasteiger partial charge in [0.15, 0.2) is 11.7 Å². The van der Waals surface area contributed by atoms with Gasteiger partial charge in [0.1, 0.15) is 5.78 Å². The molecule has 3 heterocycles. The van der Waals surface area contributed by atoms with Crippen molar-refractivity contribution >= 4 is 22.6 Å². The van der Waals surface area contributed by atoms with Crippen LogP contribution in [0, 0.1) is 5.92 Å². The third-order valence-corrected chi connectivity index (χ3v) is 6.41. The molecule has 0 radical (unpaired) electrons. The minimum Gasteiger partial charge on any atom is -0.441 e. The molecule has 2 N–H and O–H groups in total. The van der Waals surface area contributed by atoms with E-state index in [4.69, 9.17) is 10.2 Å². The van der Waals surface area contributed by atoms with Gasteiger partial charge in [-0.25, -0.2) is 4.98 Å². The van der Waals surface area contributed by atoms with Crippen LogP contribution in [-0.4, -0.2) is 46.3 Å². The number of aryl methyl sites for hydroxylation is 2.